The lowest BCUT2D eigenvalue weighted by Crippen LogP contribution is -2.28. The van der Waals surface area contributed by atoms with E-state index in [2.05, 4.69) is 9.72 Å². The number of anilines is 1. The first-order chi connectivity index (χ1) is 15.5. The first kappa shape index (κ1) is 24.9. The van der Waals surface area contributed by atoms with Crippen LogP contribution in [-0.2, 0) is 20.8 Å². The molecule has 0 bridgehead atoms. The normalized spacial score (nSPS) is 16.4. The number of pyridine rings is 1. The Kier molecular flexibility index (Phi) is 7.60. The predicted octanol–water partition coefficient (Wildman–Crippen LogP) is 5.14. The van der Waals surface area contributed by atoms with Gasteiger partial charge in [-0.05, 0) is 42.5 Å². The second-order valence-electron chi connectivity index (χ2n) is 6.56. The summed E-state index contributed by atoms with van der Waals surface area (Å²) in [5, 5.41) is 9.20. The van der Waals surface area contributed by atoms with Crippen LogP contribution in [0, 0.1) is 0 Å². The molecule has 0 amide bonds. The predicted molar refractivity (Wildman–Crippen MR) is 117 cm³/mol. The Morgan fingerprint density at radius 1 is 1.27 bits per heavy atom. The van der Waals surface area contributed by atoms with Gasteiger partial charge in [0.15, 0.2) is 15.6 Å². The van der Waals surface area contributed by atoms with Crippen molar-refractivity contribution in [1.82, 2.24) is 4.98 Å². The van der Waals surface area contributed by atoms with E-state index in [1.807, 2.05) is 0 Å². The monoisotopic (exact) mass is 520 g/mol. The third-order valence-electron chi connectivity index (χ3n) is 4.30. The molecule has 1 atom stereocenters. The summed E-state index contributed by atoms with van der Waals surface area (Å²) < 4.78 is 68.5. The Morgan fingerprint density at radius 2 is 2.03 bits per heavy atom. The number of carboxylic acid groups (broad SMARTS) is 1. The van der Waals surface area contributed by atoms with E-state index in [9.17, 15) is 26.4 Å². The molecule has 1 aliphatic rings. The first-order valence-electron chi connectivity index (χ1n) is 9.18. The summed E-state index contributed by atoms with van der Waals surface area (Å²) in [5.41, 5.74) is -1.26. The van der Waals surface area contributed by atoms with E-state index in [1.54, 1.807) is 12.1 Å². The minimum absolute atomic E-state index is 0.00141. The molecule has 1 unspecified atom stereocenters. The molecule has 0 aliphatic carbocycles. The zero-order valence-corrected chi connectivity index (χ0v) is 19.0. The molecule has 1 aliphatic heterocycles. The van der Waals surface area contributed by atoms with Gasteiger partial charge >= 0.3 is 12.3 Å². The van der Waals surface area contributed by atoms with Crippen LogP contribution in [0.25, 0.3) is 0 Å². The van der Waals surface area contributed by atoms with Crippen LogP contribution in [0.15, 0.2) is 76.6 Å². The van der Waals surface area contributed by atoms with E-state index in [0.29, 0.717) is 16.8 Å². The van der Waals surface area contributed by atoms with Gasteiger partial charge in [0.2, 0.25) is 0 Å². The average Bonchev–Trinajstić information content (AvgIpc) is 2.75. The van der Waals surface area contributed by atoms with Crippen LogP contribution in [0.3, 0.4) is 0 Å². The maximum Gasteiger partial charge on any atom is 0.511 e. The van der Waals surface area contributed by atoms with Crippen molar-refractivity contribution in [3.05, 3.63) is 72.3 Å². The van der Waals surface area contributed by atoms with Crippen molar-refractivity contribution in [2.45, 2.75) is 21.6 Å². The van der Waals surface area contributed by atoms with Crippen molar-refractivity contribution < 1.29 is 36.2 Å². The summed E-state index contributed by atoms with van der Waals surface area (Å²) in [6.07, 6.45) is -0.409. The van der Waals surface area contributed by atoms with Gasteiger partial charge < -0.3 is 14.7 Å². The second kappa shape index (κ2) is 10.1. The summed E-state index contributed by atoms with van der Waals surface area (Å²) in [6.45, 7) is 0. The average molecular weight is 521 g/mol. The summed E-state index contributed by atoms with van der Waals surface area (Å²) in [5.74, 6) is -0.407. The van der Waals surface area contributed by atoms with Crippen LogP contribution >= 0.6 is 23.4 Å². The fourth-order valence-electron chi connectivity index (χ4n) is 2.80. The summed E-state index contributed by atoms with van der Waals surface area (Å²) in [4.78, 5) is 16.1. The molecule has 0 fully saturated rings. The molecule has 1 aromatic heterocycles. The van der Waals surface area contributed by atoms with E-state index in [-0.39, 0.29) is 11.5 Å². The van der Waals surface area contributed by atoms with Crippen LogP contribution in [0.5, 0.6) is 0 Å². The number of hydrogen-bond acceptors (Lipinski definition) is 7. The number of nitrogens with zero attached hydrogens (tertiary/aromatic N) is 2. The highest BCUT2D eigenvalue weighted by molar-refractivity contribution is 8.00. The molecule has 2 aromatic rings. The van der Waals surface area contributed by atoms with Crippen molar-refractivity contribution in [3.8, 4) is 0 Å². The van der Waals surface area contributed by atoms with E-state index in [0.717, 1.165) is 30.0 Å². The third-order valence-corrected chi connectivity index (χ3v) is 7.62. The zero-order valence-electron chi connectivity index (χ0n) is 16.6. The topological polar surface area (TPSA) is 96.8 Å². The van der Waals surface area contributed by atoms with Gasteiger partial charge in [-0.3, -0.25) is 0 Å². The molecule has 2 heterocycles. The lowest BCUT2D eigenvalue weighted by Gasteiger charge is -2.28. The molecule has 13 heteroatoms. The van der Waals surface area contributed by atoms with Crippen LogP contribution < -0.4 is 4.90 Å². The molecular formula is C20H16ClF3N2O5S2. The Balaban J connectivity index is 1.75. The van der Waals surface area contributed by atoms with Gasteiger partial charge in [-0.2, -0.15) is 13.2 Å². The highest BCUT2D eigenvalue weighted by Crippen LogP contribution is 2.34. The minimum Gasteiger partial charge on any atom is -0.449 e. The van der Waals surface area contributed by atoms with Gasteiger partial charge in [-0.1, -0.05) is 17.7 Å². The van der Waals surface area contributed by atoms with Crippen molar-refractivity contribution in [2.75, 3.05) is 16.4 Å². The quantitative estimate of drug-likeness (QED) is 0.232. The molecular weight excluding hydrogens is 505 g/mol. The molecule has 1 aromatic carbocycles. The zero-order chi connectivity index (χ0) is 24.2. The van der Waals surface area contributed by atoms with Crippen LogP contribution in [-0.4, -0.2) is 41.7 Å². The molecule has 0 radical (unpaired) electrons. The molecule has 33 heavy (non-hydrogen) atoms. The number of alkyl halides is 4. The number of rotatable bonds is 7. The Morgan fingerprint density at radius 3 is 2.73 bits per heavy atom. The molecule has 0 saturated carbocycles. The lowest BCUT2D eigenvalue weighted by molar-refractivity contribution is -0.137. The van der Waals surface area contributed by atoms with Crippen LogP contribution in [0.4, 0.5) is 23.7 Å². The number of allylic oxidation sites excluding steroid dienone is 1. The highest BCUT2D eigenvalue weighted by atomic mass is 35.5. The number of halogens is 4. The number of benzene rings is 1. The Labute approximate surface area is 196 Å². The third kappa shape index (κ3) is 6.42. The number of thioether (sulfide) groups is 1. The van der Waals surface area contributed by atoms with Crippen molar-refractivity contribution in [1.29, 1.82) is 0 Å². The maximum atomic E-state index is 12.9. The molecule has 176 valence electrons. The summed E-state index contributed by atoms with van der Waals surface area (Å²) in [6, 6.07) is 6.85. The van der Waals surface area contributed by atoms with Gasteiger partial charge in [0, 0.05) is 18.1 Å². The molecule has 0 saturated heterocycles. The van der Waals surface area contributed by atoms with Crippen molar-refractivity contribution >= 4 is 45.0 Å². The Bertz CT molecular complexity index is 1200. The Hall–Kier alpha value is -2.70. The molecule has 0 spiro atoms. The van der Waals surface area contributed by atoms with Crippen molar-refractivity contribution in [2.24, 2.45) is 0 Å². The van der Waals surface area contributed by atoms with E-state index < -0.39 is 43.9 Å². The van der Waals surface area contributed by atoms with Gasteiger partial charge in [0.05, 0.1) is 21.9 Å². The number of ether oxygens (including phenoxy) is 1. The van der Waals surface area contributed by atoms with Gasteiger partial charge in [-0.25, -0.2) is 18.2 Å². The lowest BCUT2D eigenvalue weighted by atomic mass is 10.2. The highest BCUT2D eigenvalue weighted by Gasteiger charge is 2.31. The fraction of sp³-hybridized carbons (Fsp3) is 0.200. The van der Waals surface area contributed by atoms with Gasteiger partial charge in [0.1, 0.15) is 10.5 Å². The van der Waals surface area contributed by atoms with E-state index >= 15 is 0 Å². The van der Waals surface area contributed by atoms with Gasteiger partial charge in [0.25, 0.3) is 0 Å². The van der Waals surface area contributed by atoms with Crippen molar-refractivity contribution in [3.63, 3.8) is 0 Å². The summed E-state index contributed by atoms with van der Waals surface area (Å²) in [7, 11) is -3.98. The maximum absolute atomic E-state index is 12.9. The minimum atomic E-state index is -4.65. The van der Waals surface area contributed by atoms with E-state index in [1.165, 1.54) is 29.4 Å². The van der Waals surface area contributed by atoms with E-state index in [4.69, 9.17) is 16.7 Å². The van der Waals surface area contributed by atoms with Gasteiger partial charge in [-0.15, -0.1) is 11.8 Å². The fourth-order valence-corrected chi connectivity index (χ4v) is 5.73. The summed E-state index contributed by atoms with van der Waals surface area (Å²) >= 11 is 7.36. The number of hydrogen-bond donors (Lipinski definition) is 1. The first-order valence-corrected chi connectivity index (χ1v) is 12.3. The van der Waals surface area contributed by atoms with Crippen LogP contribution in [0.1, 0.15) is 5.56 Å². The molecule has 3 rings (SSSR count). The number of aromatic nitrogens is 1. The largest absolute Gasteiger partial charge is 0.511 e. The number of sulfone groups is 1. The standard InChI is InChI=1S/C20H16ClF3N2O5S2/c21-17-7-6-14(31-19(27)28)12-26(17)16-5-2-8-25-18(16)32-9-10-33(29,30)15-4-1-3-13(11-15)20(22,23)24/h1-8,11-12,17H,9-10H2,(H,27,28). The molecule has 1 N–H and O–H groups in total. The second-order valence-corrected chi connectivity index (χ2v) is 10.2. The SMILES string of the molecule is O=C(O)OC1=CN(c2cccnc2SCCS(=O)(=O)c2cccc(C(F)(F)F)c2)C(Cl)C=C1. The smallest absolute Gasteiger partial charge is 0.449 e. The number of carbonyl (C=O) groups is 1. The molecule has 7 nitrogen and oxygen atoms in total. The van der Waals surface area contributed by atoms with Crippen LogP contribution in [0.2, 0.25) is 0 Å².